The van der Waals surface area contributed by atoms with Crippen LogP contribution in [-0.2, 0) is 6.42 Å². The lowest BCUT2D eigenvalue weighted by atomic mass is 10.0. The summed E-state index contributed by atoms with van der Waals surface area (Å²) in [5, 5.41) is 4.93. The fraction of sp³-hybridized carbons (Fsp3) is 0.286. The molecule has 6 heteroatoms. The second-order valence-electron chi connectivity index (χ2n) is 4.29. The number of nitrogens with one attached hydrogen (secondary N) is 1. The molecule has 20 heavy (non-hydrogen) atoms. The normalized spacial score (nSPS) is 12.7. The van der Waals surface area contributed by atoms with Gasteiger partial charge in [-0.05, 0) is 68.6 Å². The average molecular weight is 458 g/mol. The topological polar surface area (TPSA) is 12.0 Å². The summed E-state index contributed by atoms with van der Waals surface area (Å²) in [6, 6.07) is 7.96. The molecular weight excluding hydrogens is 445 g/mol. The largest absolute Gasteiger partial charge is 0.309 e. The molecule has 1 aromatic carbocycles. The van der Waals surface area contributed by atoms with E-state index in [1.165, 1.54) is 4.88 Å². The standard InChI is InChI=1S/C14H13Br2Cl2NS/c1-2-19-12(13-7-9(15)14(16)20-13)6-8-10(17)4-3-5-11(8)18/h3-5,7,12,19H,2,6H2,1H3. The summed E-state index contributed by atoms with van der Waals surface area (Å²) >= 11 is 21.3. The Balaban J connectivity index is 2.30. The fourth-order valence-electron chi connectivity index (χ4n) is 1.99. The van der Waals surface area contributed by atoms with Gasteiger partial charge in [0.1, 0.15) is 0 Å². The van der Waals surface area contributed by atoms with E-state index in [1.54, 1.807) is 11.3 Å². The minimum absolute atomic E-state index is 0.199. The van der Waals surface area contributed by atoms with E-state index in [0.717, 1.165) is 36.8 Å². The molecule has 1 nitrogen and oxygen atoms in total. The molecule has 0 radical (unpaired) electrons. The van der Waals surface area contributed by atoms with Gasteiger partial charge < -0.3 is 5.32 Å². The summed E-state index contributed by atoms with van der Waals surface area (Å²) < 4.78 is 2.17. The molecule has 0 saturated carbocycles. The Kier molecular flexibility index (Phi) is 6.39. The first kappa shape index (κ1) is 16.8. The van der Waals surface area contributed by atoms with E-state index in [9.17, 15) is 0 Å². The molecule has 0 saturated heterocycles. The predicted octanol–water partition coefficient (Wildman–Crippen LogP) is 6.47. The van der Waals surface area contributed by atoms with Gasteiger partial charge >= 0.3 is 0 Å². The van der Waals surface area contributed by atoms with Gasteiger partial charge in [0.25, 0.3) is 0 Å². The van der Waals surface area contributed by atoms with Crippen molar-refractivity contribution in [3.05, 3.63) is 53.0 Å². The molecule has 0 aliphatic rings. The lowest BCUT2D eigenvalue weighted by Gasteiger charge is -2.18. The summed E-state index contributed by atoms with van der Waals surface area (Å²) in [6.45, 7) is 2.98. The maximum absolute atomic E-state index is 6.27. The highest BCUT2D eigenvalue weighted by molar-refractivity contribution is 9.13. The highest BCUT2D eigenvalue weighted by Crippen LogP contribution is 2.38. The van der Waals surface area contributed by atoms with Crippen molar-refractivity contribution in [2.75, 3.05) is 6.54 Å². The molecule has 108 valence electrons. The number of thiophene rings is 1. The molecule has 1 aromatic heterocycles. The van der Waals surface area contributed by atoms with E-state index in [2.05, 4.69) is 50.2 Å². The lowest BCUT2D eigenvalue weighted by molar-refractivity contribution is 0.558. The molecule has 2 aromatic rings. The third kappa shape index (κ3) is 3.99. The Morgan fingerprint density at radius 2 is 1.90 bits per heavy atom. The van der Waals surface area contributed by atoms with E-state index >= 15 is 0 Å². The van der Waals surface area contributed by atoms with Crippen molar-refractivity contribution >= 4 is 66.4 Å². The first-order valence-corrected chi connectivity index (χ1v) is 9.29. The van der Waals surface area contributed by atoms with Gasteiger partial charge in [-0.2, -0.15) is 0 Å². The van der Waals surface area contributed by atoms with E-state index in [0.29, 0.717) is 0 Å². The predicted molar refractivity (Wildman–Crippen MR) is 96.3 cm³/mol. The monoisotopic (exact) mass is 455 g/mol. The maximum atomic E-state index is 6.27. The van der Waals surface area contributed by atoms with Gasteiger partial charge in [-0.15, -0.1) is 11.3 Å². The van der Waals surface area contributed by atoms with E-state index in [-0.39, 0.29) is 6.04 Å². The summed E-state index contributed by atoms with van der Waals surface area (Å²) in [6.07, 6.45) is 0.770. The molecule has 0 bridgehead atoms. The van der Waals surface area contributed by atoms with Crippen molar-refractivity contribution in [1.29, 1.82) is 0 Å². The van der Waals surface area contributed by atoms with Crippen LogP contribution < -0.4 is 5.32 Å². The van der Waals surface area contributed by atoms with Crippen molar-refractivity contribution in [3.63, 3.8) is 0 Å². The number of benzene rings is 1. The molecule has 0 fully saturated rings. The smallest absolute Gasteiger partial charge is 0.0843 e. The summed E-state index contributed by atoms with van der Waals surface area (Å²) in [7, 11) is 0. The number of rotatable bonds is 5. The van der Waals surface area contributed by atoms with Crippen LogP contribution in [0.2, 0.25) is 10.0 Å². The summed E-state index contributed by atoms with van der Waals surface area (Å²) in [5.74, 6) is 0. The second kappa shape index (κ2) is 7.61. The van der Waals surface area contributed by atoms with Gasteiger partial charge in [-0.1, -0.05) is 36.2 Å². The zero-order valence-electron chi connectivity index (χ0n) is 10.7. The van der Waals surface area contributed by atoms with E-state index < -0.39 is 0 Å². The molecular formula is C14H13Br2Cl2NS. The minimum atomic E-state index is 0.199. The van der Waals surface area contributed by atoms with Crippen LogP contribution in [0.4, 0.5) is 0 Å². The third-order valence-electron chi connectivity index (χ3n) is 2.93. The van der Waals surface area contributed by atoms with Crippen LogP contribution >= 0.6 is 66.4 Å². The zero-order valence-corrected chi connectivity index (χ0v) is 16.2. The fourth-order valence-corrected chi connectivity index (χ4v) is 4.70. The van der Waals surface area contributed by atoms with Crippen molar-refractivity contribution in [1.82, 2.24) is 5.32 Å². The van der Waals surface area contributed by atoms with Gasteiger partial charge in [0.2, 0.25) is 0 Å². The Bertz CT molecular complexity index is 561. The SMILES string of the molecule is CCNC(Cc1c(Cl)cccc1Cl)c1cc(Br)c(Br)s1. The number of likely N-dealkylation sites (N-methyl/N-ethyl adjacent to an activating group) is 1. The van der Waals surface area contributed by atoms with Crippen LogP contribution in [0.5, 0.6) is 0 Å². The highest BCUT2D eigenvalue weighted by atomic mass is 79.9. The van der Waals surface area contributed by atoms with Gasteiger partial charge in [-0.25, -0.2) is 0 Å². The first-order chi connectivity index (χ1) is 9.52. The van der Waals surface area contributed by atoms with Crippen molar-refractivity contribution in [2.24, 2.45) is 0 Å². The third-order valence-corrected chi connectivity index (χ3v) is 7.01. The Labute approximate surface area is 149 Å². The van der Waals surface area contributed by atoms with Gasteiger partial charge in [0.15, 0.2) is 0 Å². The number of halogens is 4. The summed E-state index contributed by atoms with van der Waals surface area (Å²) in [5.41, 5.74) is 0.988. The highest BCUT2D eigenvalue weighted by Gasteiger charge is 2.18. The average Bonchev–Trinajstić information content (AvgIpc) is 2.73. The Hall–Kier alpha value is 0.420. The van der Waals surface area contributed by atoms with Gasteiger partial charge in [0.05, 0.1) is 3.79 Å². The number of hydrogen-bond acceptors (Lipinski definition) is 2. The van der Waals surface area contributed by atoms with Crippen LogP contribution in [0, 0.1) is 0 Å². The second-order valence-corrected chi connectivity index (χ2v) is 8.36. The van der Waals surface area contributed by atoms with Crippen molar-refractivity contribution in [2.45, 2.75) is 19.4 Å². The van der Waals surface area contributed by atoms with Crippen molar-refractivity contribution in [3.8, 4) is 0 Å². The van der Waals surface area contributed by atoms with Crippen molar-refractivity contribution < 1.29 is 0 Å². The zero-order chi connectivity index (χ0) is 14.7. The first-order valence-electron chi connectivity index (χ1n) is 6.14. The molecule has 0 amide bonds. The molecule has 1 atom stereocenters. The molecule has 1 heterocycles. The summed E-state index contributed by atoms with van der Waals surface area (Å²) in [4.78, 5) is 1.25. The maximum Gasteiger partial charge on any atom is 0.0843 e. The molecule has 0 aliphatic heterocycles. The van der Waals surface area contributed by atoms with E-state index in [1.807, 2.05) is 18.2 Å². The van der Waals surface area contributed by atoms with Gasteiger partial charge in [0, 0.05) is 25.4 Å². The molecule has 2 rings (SSSR count). The molecule has 0 spiro atoms. The molecule has 0 aliphatic carbocycles. The Morgan fingerprint density at radius 3 is 2.40 bits per heavy atom. The van der Waals surface area contributed by atoms with E-state index in [4.69, 9.17) is 23.2 Å². The van der Waals surface area contributed by atoms with Crippen LogP contribution in [0.1, 0.15) is 23.4 Å². The lowest BCUT2D eigenvalue weighted by Crippen LogP contribution is -2.22. The minimum Gasteiger partial charge on any atom is -0.309 e. The molecule has 1 N–H and O–H groups in total. The van der Waals surface area contributed by atoms with Gasteiger partial charge in [-0.3, -0.25) is 0 Å². The van der Waals surface area contributed by atoms with Crippen LogP contribution in [0.25, 0.3) is 0 Å². The number of hydrogen-bond donors (Lipinski definition) is 1. The van der Waals surface area contributed by atoms with Crippen LogP contribution in [0.15, 0.2) is 32.5 Å². The van der Waals surface area contributed by atoms with Crippen LogP contribution in [0.3, 0.4) is 0 Å². The molecule has 1 unspecified atom stereocenters. The quantitative estimate of drug-likeness (QED) is 0.542. The Morgan fingerprint density at radius 1 is 1.25 bits per heavy atom. The van der Waals surface area contributed by atoms with Crippen LogP contribution in [-0.4, -0.2) is 6.54 Å².